The van der Waals surface area contributed by atoms with Gasteiger partial charge in [0.2, 0.25) is 0 Å². The molecule has 2 rings (SSSR count). The van der Waals surface area contributed by atoms with Gasteiger partial charge in [0.15, 0.2) is 0 Å². The third-order valence-corrected chi connectivity index (χ3v) is 4.83. The van der Waals surface area contributed by atoms with Crippen LogP contribution in [-0.4, -0.2) is 19.3 Å². The monoisotopic (exact) mass is 515 g/mol. The van der Waals surface area contributed by atoms with Crippen LogP contribution in [0, 0.1) is 0 Å². The van der Waals surface area contributed by atoms with Crippen molar-refractivity contribution >= 4 is 78.4 Å². The fourth-order valence-corrected chi connectivity index (χ4v) is 3.87. The van der Waals surface area contributed by atoms with Gasteiger partial charge in [0.1, 0.15) is 19.0 Å². The van der Waals surface area contributed by atoms with Crippen LogP contribution in [0.1, 0.15) is 0 Å². The highest BCUT2D eigenvalue weighted by Crippen LogP contribution is 2.36. The lowest BCUT2D eigenvalue weighted by Crippen LogP contribution is -2.17. The summed E-state index contributed by atoms with van der Waals surface area (Å²) < 4.78 is 12.0. The van der Waals surface area contributed by atoms with Crippen molar-refractivity contribution in [3.05, 3.63) is 54.3 Å². The fraction of sp³-hybridized carbons (Fsp3) is 0.133. The summed E-state index contributed by atoms with van der Waals surface area (Å²) in [5, 5.41) is 3.86. The predicted molar refractivity (Wildman–Crippen MR) is 104 cm³/mol. The van der Waals surface area contributed by atoms with Crippen molar-refractivity contribution in [1.82, 2.24) is 0 Å². The number of nitrogens with one attached hydrogen (secondary N) is 1. The lowest BCUT2D eigenvalue weighted by molar-refractivity contribution is 0.137. The maximum absolute atomic E-state index is 11.7. The molecule has 0 bridgehead atoms. The van der Waals surface area contributed by atoms with Crippen LogP contribution < -0.4 is 10.1 Å². The summed E-state index contributed by atoms with van der Waals surface area (Å²) in [7, 11) is 0. The number of carbonyl (C=O) groups is 1. The Morgan fingerprint density at radius 2 is 1.67 bits per heavy atom. The van der Waals surface area contributed by atoms with Gasteiger partial charge in [-0.05, 0) is 62.2 Å². The first kappa shape index (κ1) is 19.7. The molecule has 128 valence electrons. The largest absolute Gasteiger partial charge is 0.488 e. The molecule has 0 aliphatic heterocycles. The quantitative estimate of drug-likeness (QED) is 0.443. The standard InChI is InChI=1S/C15H10Br2Cl3NO3/c16-10-5-8(18)6-11(17)14(10)23-3-4-24-15(22)21-9-1-2-12(19)13(20)7-9/h1-2,5-7H,3-4H2,(H,21,22). The highest BCUT2D eigenvalue weighted by Gasteiger charge is 2.09. The van der Waals surface area contributed by atoms with E-state index in [0.717, 1.165) is 0 Å². The van der Waals surface area contributed by atoms with Crippen LogP contribution in [0.4, 0.5) is 10.5 Å². The summed E-state index contributed by atoms with van der Waals surface area (Å²) in [6.45, 7) is 0.238. The van der Waals surface area contributed by atoms with Crippen molar-refractivity contribution in [3.8, 4) is 5.75 Å². The van der Waals surface area contributed by atoms with Gasteiger partial charge >= 0.3 is 6.09 Å². The summed E-state index contributed by atoms with van der Waals surface area (Å²) in [6, 6.07) is 8.15. The third kappa shape index (κ3) is 5.70. The zero-order valence-electron chi connectivity index (χ0n) is 11.9. The highest BCUT2D eigenvalue weighted by molar-refractivity contribution is 9.11. The molecule has 0 radical (unpaired) electrons. The van der Waals surface area contributed by atoms with E-state index in [2.05, 4.69) is 37.2 Å². The van der Waals surface area contributed by atoms with Crippen LogP contribution in [0.5, 0.6) is 5.75 Å². The molecule has 0 atom stereocenters. The number of benzene rings is 2. The number of ether oxygens (including phenoxy) is 2. The van der Waals surface area contributed by atoms with Gasteiger partial charge < -0.3 is 9.47 Å². The molecule has 1 amide bonds. The zero-order chi connectivity index (χ0) is 17.7. The highest BCUT2D eigenvalue weighted by atomic mass is 79.9. The van der Waals surface area contributed by atoms with Gasteiger partial charge in [-0.15, -0.1) is 0 Å². The Morgan fingerprint density at radius 3 is 2.29 bits per heavy atom. The first-order chi connectivity index (χ1) is 11.4. The SMILES string of the molecule is O=C(Nc1ccc(Cl)c(Cl)c1)OCCOc1c(Br)cc(Cl)cc1Br. The second-order valence-electron chi connectivity index (χ2n) is 4.44. The molecule has 4 nitrogen and oxygen atoms in total. The van der Waals surface area contributed by atoms with Crippen LogP contribution in [0.25, 0.3) is 0 Å². The van der Waals surface area contributed by atoms with Crippen LogP contribution >= 0.6 is 66.7 Å². The Balaban J connectivity index is 1.80. The average Bonchev–Trinajstić information content (AvgIpc) is 2.49. The molecule has 24 heavy (non-hydrogen) atoms. The van der Waals surface area contributed by atoms with E-state index < -0.39 is 6.09 Å². The Kier molecular flexibility index (Phi) is 7.50. The normalized spacial score (nSPS) is 10.4. The minimum Gasteiger partial charge on any atom is -0.488 e. The van der Waals surface area contributed by atoms with E-state index in [4.69, 9.17) is 44.3 Å². The second-order valence-corrected chi connectivity index (χ2v) is 7.40. The van der Waals surface area contributed by atoms with Gasteiger partial charge in [0.05, 0.1) is 19.0 Å². The molecule has 0 spiro atoms. The maximum atomic E-state index is 11.7. The maximum Gasteiger partial charge on any atom is 0.411 e. The Morgan fingerprint density at radius 1 is 1.00 bits per heavy atom. The first-order valence-corrected chi connectivity index (χ1v) is 9.25. The van der Waals surface area contributed by atoms with Gasteiger partial charge in [0, 0.05) is 10.7 Å². The molecular weight excluding hydrogens is 508 g/mol. The van der Waals surface area contributed by atoms with E-state index >= 15 is 0 Å². The molecule has 0 aliphatic carbocycles. The van der Waals surface area contributed by atoms with Gasteiger partial charge in [-0.3, -0.25) is 5.32 Å². The van der Waals surface area contributed by atoms with E-state index in [1.54, 1.807) is 24.3 Å². The smallest absolute Gasteiger partial charge is 0.411 e. The minimum absolute atomic E-state index is 0.0641. The Bertz CT molecular complexity index is 736. The molecule has 0 aliphatic rings. The van der Waals surface area contributed by atoms with Gasteiger partial charge in [-0.1, -0.05) is 34.8 Å². The molecule has 0 aromatic heterocycles. The number of amides is 1. The van der Waals surface area contributed by atoms with E-state index in [0.29, 0.717) is 35.5 Å². The fourth-order valence-electron chi connectivity index (χ4n) is 1.67. The zero-order valence-corrected chi connectivity index (χ0v) is 17.4. The Hall–Kier alpha value is -0.660. The summed E-state index contributed by atoms with van der Waals surface area (Å²) in [4.78, 5) is 11.7. The lowest BCUT2D eigenvalue weighted by Gasteiger charge is -2.11. The number of halogens is 5. The molecule has 2 aromatic rings. The van der Waals surface area contributed by atoms with Crippen molar-refractivity contribution in [3.63, 3.8) is 0 Å². The number of carbonyl (C=O) groups excluding carboxylic acids is 1. The summed E-state index contributed by atoms with van der Waals surface area (Å²) in [5.41, 5.74) is 0.485. The van der Waals surface area contributed by atoms with Crippen molar-refractivity contribution in [1.29, 1.82) is 0 Å². The predicted octanol–water partition coefficient (Wildman–Crippen LogP) is 6.80. The molecule has 2 aromatic carbocycles. The van der Waals surface area contributed by atoms with Crippen LogP contribution in [0.3, 0.4) is 0 Å². The van der Waals surface area contributed by atoms with Crippen LogP contribution in [-0.2, 0) is 4.74 Å². The van der Waals surface area contributed by atoms with Crippen LogP contribution in [0.15, 0.2) is 39.3 Å². The second kappa shape index (κ2) is 9.15. The summed E-state index contributed by atoms with van der Waals surface area (Å²) in [6.07, 6.45) is -0.619. The molecule has 0 saturated heterocycles. The molecular formula is C15H10Br2Cl3NO3. The minimum atomic E-state index is -0.619. The van der Waals surface area contributed by atoms with E-state index in [-0.39, 0.29) is 13.2 Å². The van der Waals surface area contributed by atoms with Gasteiger partial charge in [-0.2, -0.15) is 0 Å². The van der Waals surface area contributed by atoms with Crippen molar-refractivity contribution in [2.75, 3.05) is 18.5 Å². The first-order valence-electron chi connectivity index (χ1n) is 6.53. The summed E-state index contributed by atoms with van der Waals surface area (Å²) in [5.74, 6) is 0.577. The number of hydrogen-bond donors (Lipinski definition) is 1. The molecule has 9 heteroatoms. The molecule has 1 N–H and O–H groups in total. The van der Waals surface area contributed by atoms with E-state index in [1.165, 1.54) is 6.07 Å². The average molecular weight is 518 g/mol. The summed E-state index contributed by atoms with van der Waals surface area (Å²) >= 11 is 24.3. The number of hydrogen-bond acceptors (Lipinski definition) is 3. The van der Waals surface area contributed by atoms with Crippen molar-refractivity contribution in [2.45, 2.75) is 0 Å². The van der Waals surface area contributed by atoms with Gasteiger partial charge in [-0.25, -0.2) is 4.79 Å². The number of rotatable bonds is 5. The van der Waals surface area contributed by atoms with Gasteiger partial charge in [0.25, 0.3) is 0 Å². The Labute approximate surface area is 170 Å². The topological polar surface area (TPSA) is 47.6 Å². The van der Waals surface area contributed by atoms with E-state index in [1.807, 2.05) is 0 Å². The van der Waals surface area contributed by atoms with Crippen molar-refractivity contribution < 1.29 is 14.3 Å². The third-order valence-electron chi connectivity index (χ3n) is 2.69. The molecule has 0 unspecified atom stereocenters. The van der Waals surface area contributed by atoms with Crippen LogP contribution in [0.2, 0.25) is 15.1 Å². The van der Waals surface area contributed by atoms with E-state index in [9.17, 15) is 4.79 Å². The number of anilines is 1. The van der Waals surface area contributed by atoms with Crippen molar-refractivity contribution in [2.24, 2.45) is 0 Å². The molecule has 0 heterocycles. The molecule has 0 saturated carbocycles. The molecule has 0 fully saturated rings. The lowest BCUT2D eigenvalue weighted by atomic mass is 10.3.